The molecule has 0 atom stereocenters. The molecule has 0 unspecified atom stereocenters. The van der Waals surface area contributed by atoms with E-state index in [2.05, 4.69) is 0 Å². The van der Waals surface area contributed by atoms with Crippen molar-refractivity contribution in [2.75, 3.05) is 26.4 Å². The fourth-order valence-electron chi connectivity index (χ4n) is 1.58. The summed E-state index contributed by atoms with van der Waals surface area (Å²) in [5.41, 5.74) is 0.948. The first-order valence-electron chi connectivity index (χ1n) is 7.35. The average molecular weight is 332 g/mol. The predicted octanol–water partition coefficient (Wildman–Crippen LogP) is 1.67. The topological polar surface area (TPSA) is 93.1 Å². The fraction of sp³-hybridized carbons (Fsp3) is 0.222. The van der Waals surface area contributed by atoms with Crippen LogP contribution in [0.2, 0.25) is 0 Å². The summed E-state index contributed by atoms with van der Waals surface area (Å²) in [4.78, 5) is 23.2. The summed E-state index contributed by atoms with van der Waals surface area (Å²) in [6.07, 6.45) is 0. The van der Waals surface area contributed by atoms with E-state index in [1.54, 1.807) is 48.5 Å². The van der Waals surface area contributed by atoms with E-state index in [4.69, 9.17) is 19.7 Å². The van der Waals surface area contributed by atoms with E-state index in [1.165, 1.54) is 0 Å². The molecule has 2 N–H and O–H groups in total. The molecular weight excluding hydrogens is 312 g/mol. The lowest BCUT2D eigenvalue weighted by Crippen LogP contribution is -2.14. The van der Waals surface area contributed by atoms with Crippen LogP contribution in [0.1, 0.15) is 20.7 Å². The van der Waals surface area contributed by atoms with E-state index in [1.807, 2.05) is 12.1 Å². The van der Waals surface area contributed by atoms with E-state index in [0.717, 1.165) is 0 Å². The molecule has 0 bridgehead atoms. The van der Waals surface area contributed by atoms with Crippen LogP contribution >= 0.6 is 0 Å². The lowest BCUT2D eigenvalue weighted by Gasteiger charge is -2.06. The number of hydrogen-bond acceptors (Lipinski definition) is 6. The molecule has 0 aliphatic rings. The monoisotopic (exact) mass is 332 g/mol. The first kappa shape index (κ1) is 19.3. The molecule has 0 heterocycles. The number of ether oxygens (including phenoxy) is 2. The highest BCUT2D eigenvalue weighted by atomic mass is 16.6. The molecule has 2 aromatic carbocycles. The van der Waals surface area contributed by atoms with Crippen LogP contribution in [0.4, 0.5) is 0 Å². The van der Waals surface area contributed by atoms with E-state index in [9.17, 15) is 9.59 Å². The lowest BCUT2D eigenvalue weighted by atomic mass is 10.2. The van der Waals surface area contributed by atoms with Gasteiger partial charge in [-0.15, -0.1) is 0 Å². The van der Waals surface area contributed by atoms with Crippen molar-refractivity contribution in [2.24, 2.45) is 0 Å². The Morgan fingerprint density at radius 3 is 1.29 bits per heavy atom. The summed E-state index contributed by atoms with van der Waals surface area (Å²) in [5.74, 6) is -0.859. The van der Waals surface area contributed by atoms with Crippen LogP contribution in [0, 0.1) is 0 Å². The maximum absolute atomic E-state index is 11.6. The van der Waals surface area contributed by atoms with Crippen LogP contribution in [-0.4, -0.2) is 48.6 Å². The van der Waals surface area contributed by atoms with Crippen LogP contribution in [0.25, 0.3) is 0 Å². The Hall–Kier alpha value is -2.70. The van der Waals surface area contributed by atoms with E-state index >= 15 is 0 Å². The Bertz CT molecular complexity index is 542. The normalized spacial score (nSPS) is 9.42. The molecule has 0 saturated heterocycles. The standard InChI is InChI=1S/C16H14O4.C2H6O2/c17-15(13-7-3-1-4-8-13)19-11-12-20-16(18)14-9-5-2-6-10-14;3-1-2-4/h1-10H,11-12H2;3-4H,1-2H2. The van der Waals surface area contributed by atoms with Gasteiger partial charge in [-0.2, -0.15) is 0 Å². The first-order chi connectivity index (χ1) is 11.7. The SMILES string of the molecule is O=C(OCCOC(=O)c1ccccc1)c1ccccc1.OCCO. The van der Waals surface area contributed by atoms with Gasteiger partial charge in [0.2, 0.25) is 0 Å². The largest absolute Gasteiger partial charge is 0.458 e. The second kappa shape index (κ2) is 11.8. The van der Waals surface area contributed by atoms with Crippen LogP contribution in [-0.2, 0) is 9.47 Å². The Labute approximate surface area is 140 Å². The smallest absolute Gasteiger partial charge is 0.338 e. The van der Waals surface area contributed by atoms with Gasteiger partial charge in [0.25, 0.3) is 0 Å². The minimum Gasteiger partial charge on any atom is -0.458 e. The third kappa shape index (κ3) is 7.53. The number of hydrogen-bond donors (Lipinski definition) is 2. The zero-order valence-electron chi connectivity index (χ0n) is 13.1. The summed E-state index contributed by atoms with van der Waals surface area (Å²) in [6.45, 7) is -0.182. The van der Waals surface area contributed by atoms with E-state index < -0.39 is 11.9 Å². The summed E-state index contributed by atoms with van der Waals surface area (Å²) in [6, 6.07) is 17.3. The van der Waals surface area contributed by atoms with Gasteiger partial charge in [0.1, 0.15) is 13.2 Å². The Morgan fingerprint density at radius 2 is 1.00 bits per heavy atom. The van der Waals surface area contributed by atoms with Crippen molar-refractivity contribution in [2.45, 2.75) is 0 Å². The lowest BCUT2D eigenvalue weighted by molar-refractivity contribution is 0.0265. The maximum Gasteiger partial charge on any atom is 0.338 e. The van der Waals surface area contributed by atoms with Gasteiger partial charge in [-0.3, -0.25) is 0 Å². The fourth-order valence-corrected chi connectivity index (χ4v) is 1.58. The van der Waals surface area contributed by atoms with Crippen LogP contribution in [0.5, 0.6) is 0 Å². The Kier molecular flexibility index (Phi) is 9.52. The molecule has 0 aliphatic heterocycles. The van der Waals surface area contributed by atoms with Crippen LogP contribution in [0.3, 0.4) is 0 Å². The van der Waals surface area contributed by atoms with E-state index in [0.29, 0.717) is 11.1 Å². The number of carbonyl (C=O) groups excluding carboxylic acids is 2. The third-order valence-corrected chi connectivity index (χ3v) is 2.67. The summed E-state index contributed by atoms with van der Waals surface area (Å²) >= 11 is 0. The molecule has 0 aliphatic carbocycles. The van der Waals surface area contributed by atoms with Crippen LogP contribution in [0.15, 0.2) is 60.7 Å². The second-order valence-corrected chi connectivity index (χ2v) is 4.45. The molecule has 2 aromatic rings. The molecule has 0 fully saturated rings. The summed E-state index contributed by atoms with van der Waals surface area (Å²) < 4.78 is 10.00. The van der Waals surface area contributed by atoms with Gasteiger partial charge in [0, 0.05) is 0 Å². The molecule has 0 aromatic heterocycles. The maximum atomic E-state index is 11.6. The van der Waals surface area contributed by atoms with Crippen molar-refractivity contribution >= 4 is 11.9 Å². The molecule has 128 valence electrons. The van der Waals surface area contributed by atoms with Crippen molar-refractivity contribution in [3.63, 3.8) is 0 Å². The number of esters is 2. The zero-order valence-corrected chi connectivity index (χ0v) is 13.1. The Balaban J connectivity index is 0.000000648. The van der Waals surface area contributed by atoms with Crippen molar-refractivity contribution in [3.8, 4) is 0 Å². The van der Waals surface area contributed by atoms with Gasteiger partial charge < -0.3 is 19.7 Å². The molecule has 2 rings (SSSR count). The zero-order chi connectivity index (χ0) is 17.6. The molecule has 0 radical (unpaired) electrons. The van der Waals surface area contributed by atoms with Gasteiger partial charge in [-0.1, -0.05) is 36.4 Å². The molecular formula is C18H20O6. The van der Waals surface area contributed by atoms with Crippen molar-refractivity contribution < 1.29 is 29.3 Å². The van der Waals surface area contributed by atoms with Crippen LogP contribution < -0.4 is 0 Å². The molecule has 6 nitrogen and oxygen atoms in total. The summed E-state index contributed by atoms with van der Waals surface area (Å²) in [5, 5.41) is 15.2. The number of carbonyl (C=O) groups is 2. The van der Waals surface area contributed by atoms with Gasteiger partial charge in [-0.05, 0) is 24.3 Å². The summed E-state index contributed by atoms with van der Waals surface area (Å²) in [7, 11) is 0. The van der Waals surface area contributed by atoms with Crippen molar-refractivity contribution in [1.82, 2.24) is 0 Å². The van der Waals surface area contributed by atoms with Gasteiger partial charge >= 0.3 is 11.9 Å². The number of rotatable bonds is 6. The van der Waals surface area contributed by atoms with Gasteiger partial charge in [-0.25, -0.2) is 9.59 Å². The number of aliphatic hydroxyl groups is 2. The molecule has 0 spiro atoms. The Morgan fingerprint density at radius 1 is 0.667 bits per heavy atom. The van der Waals surface area contributed by atoms with Gasteiger partial charge in [0.05, 0.1) is 24.3 Å². The van der Waals surface area contributed by atoms with E-state index in [-0.39, 0.29) is 26.4 Å². The average Bonchev–Trinajstić information content (AvgIpc) is 2.66. The van der Waals surface area contributed by atoms with Crippen molar-refractivity contribution in [3.05, 3.63) is 71.8 Å². The minimum absolute atomic E-state index is 0.0340. The van der Waals surface area contributed by atoms with Gasteiger partial charge in [0.15, 0.2) is 0 Å². The highest BCUT2D eigenvalue weighted by Gasteiger charge is 2.08. The molecule has 6 heteroatoms. The minimum atomic E-state index is -0.429. The molecule has 0 amide bonds. The second-order valence-electron chi connectivity index (χ2n) is 4.45. The highest BCUT2D eigenvalue weighted by molar-refractivity contribution is 5.90. The first-order valence-corrected chi connectivity index (χ1v) is 7.35. The third-order valence-electron chi connectivity index (χ3n) is 2.67. The predicted molar refractivity (Wildman–Crippen MR) is 87.6 cm³/mol. The highest BCUT2D eigenvalue weighted by Crippen LogP contribution is 2.02. The van der Waals surface area contributed by atoms with Crippen molar-refractivity contribution in [1.29, 1.82) is 0 Å². The molecule has 24 heavy (non-hydrogen) atoms. The quantitative estimate of drug-likeness (QED) is 0.617. The number of aliphatic hydroxyl groups excluding tert-OH is 2. The molecule has 0 saturated carbocycles. The number of benzene rings is 2.